The van der Waals surface area contributed by atoms with Crippen molar-refractivity contribution >= 4 is 28.5 Å². The fourth-order valence-electron chi connectivity index (χ4n) is 5.78. The second kappa shape index (κ2) is 10.3. The van der Waals surface area contributed by atoms with Crippen LogP contribution in [-0.4, -0.2) is 75.6 Å². The third-order valence-corrected chi connectivity index (χ3v) is 8.30. The number of halogens is 2. The van der Waals surface area contributed by atoms with Crippen LogP contribution in [0.1, 0.15) is 50.2 Å². The monoisotopic (exact) mass is 541 g/mol. The van der Waals surface area contributed by atoms with E-state index in [9.17, 15) is 5.11 Å². The zero-order valence-corrected chi connectivity index (χ0v) is 22.5. The van der Waals surface area contributed by atoms with Gasteiger partial charge in [-0.05, 0) is 48.4 Å². The smallest absolute Gasteiger partial charge is 0.223 e. The number of aromatic nitrogens is 3. The van der Waals surface area contributed by atoms with Crippen LogP contribution in [0, 0.1) is 5.82 Å². The van der Waals surface area contributed by atoms with Gasteiger partial charge in [0.15, 0.2) is 0 Å². The van der Waals surface area contributed by atoms with Gasteiger partial charge in [0.2, 0.25) is 5.95 Å². The molecule has 2 aromatic heterocycles. The number of aliphatic hydroxyl groups is 1. The Bertz CT molecular complexity index is 1350. The number of fused-ring (bicyclic) bond motifs is 1. The number of morpholine rings is 1. The Morgan fingerprint density at radius 2 is 2.05 bits per heavy atom. The number of anilines is 1. The lowest BCUT2D eigenvalue weighted by Gasteiger charge is -2.36. The van der Waals surface area contributed by atoms with Crippen LogP contribution in [0.4, 0.5) is 10.3 Å². The van der Waals surface area contributed by atoms with Gasteiger partial charge in [-0.25, -0.2) is 14.4 Å². The average Bonchev–Trinajstić information content (AvgIpc) is 3.67. The third-order valence-electron chi connectivity index (χ3n) is 8.02. The largest absolute Gasteiger partial charge is 0.389 e. The summed E-state index contributed by atoms with van der Waals surface area (Å²) >= 11 is 6.53. The first-order valence-electron chi connectivity index (χ1n) is 13.3. The molecule has 2 N–H and O–H groups in total. The van der Waals surface area contributed by atoms with Crippen LogP contribution < -0.4 is 5.32 Å². The quantitative estimate of drug-likeness (QED) is 0.470. The van der Waals surface area contributed by atoms with E-state index in [0.29, 0.717) is 40.8 Å². The normalized spacial score (nSPS) is 23.3. The first kappa shape index (κ1) is 25.8. The summed E-state index contributed by atoms with van der Waals surface area (Å²) in [6, 6.07) is 3.14. The van der Waals surface area contributed by atoms with E-state index in [1.54, 1.807) is 0 Å². The van der Waals surface area contributed by atoms with Gasteiger partial charge < -0.3 is 19.9 Å². The van der Waals surface area contributed by atoms with Crippen molar-refractivity contribution in [3.8, 4) is 11.3 Å². The molecule has 1 saturated carbocycles. The molecule has 38 heavy (non-hydrogen) atoms. The predicted molar refractivity (Wildman–Crippen MR) is 144 cm³/mol. The van der Waals surface area contributed by atoms with Crippen molar-refractivity contribution in [1.29, 1.82) is 0 Å². The maximum absolute atomic E-state index is 15.5. The molecule has 3 aliphatic rings. The molecule has 2 aliphatic heterocycles. The fraction of sp³-hybridized carbons (Fsp3) is 0.536. The molecule has 1 aliphatic carbocycles. The summed E-state index contributed by atoms with van der Waals surface area (Å²) in [5.74, 6) is 0.0725. The number of aliphatic hydroxyl groups excluding tert-OH is 1. The molecule has 1 spiro atoms. The molecule has 2 saturated heterocycles. The topological polar surface area (TPSA) is 92.6 Å². The standard InChI is InChI=1S/C28H33ClFN5O3/c1-16(2)24-18(13-35-6-8-38-15-28(35)4-5-28)11-31-26-19(24)9-17(10-21(26)30)25-20(29)12-32-27(34-25)33-22-3-7-37-14-23(22)36/h9-12,16,22-23,36H,3-8,13-15H2,1-2H3,(H,32,33,34)/t22-,23-/m1/s1. The van der Waals surface area contributed by atoms with E-state index < -0.39 is 11.9 Å². The lowest BCUT2D eigenvalue weighted by molar-refractivity contribution is -0.0246. The molecule has 3 fully saturated rings. The number of nitrogens with zero attached hydrogens (tertiary/aromatic N) is 4. The van der Waals surface area contributed by atoms with Crippen LogP contribution >= 0.6 is 11.6 Å². The van der Waals surface area contributed by atoms with Crippen molar-refractivity contribution in [2.24, 2.45) is 0 Å². The minimum Gasteiger partial charge on any atom is -0.389 e. The molecule has 10 heteroatoms. The Morgan fingerprint density at radius 1 is 1.21 bits per heavy atom. The highest BCUT2D eigenvalue weighted by Crippen LogP contribution is 2.45. The predicted octanol–water partition coefficient (Wildman–Crippen LogP) is 4.53. The first-order chi connectivity index (χ1) is 18.3. The molecule has 1 aromatic carbocycles. The second-order valence-electron chi connectivity index (χ2n) is 11.0. The summed E-state index contributed by atoms with van der Waals surface area (Å²) in [6.07, 6.45) is 5.61. The SMILES string of the molecule is CC(C)c1c(CN2CCOCC23CC3)cnc2c(F)cc(-c3nc(N[C@@H]4CCOC[C@H]4O)ncc3Cl)cc12. The van der Waals surface area contributed by atoms with Crippen LogP contribution in [0.3, 0.4) is 0 Å². The Hall–Kier alpha value is -2.43. The zero-order chi connectivity index (χ0) is 26.4. The number of pyridine rings is 1. The van der Waals surface area contributed by atoms with Crippen molar-refractivity contribution < 1.29 is 19.0 Å². The van der Waals surface area contributed by atoms with E-state index in [-0.39, 0.29) is 24.1 Å². The lowest BCUT2D eigenvalue weighted by Crippen LogP contribution is -2.47. The molecule has 0 radical (unpaired) electrons. The highest BCUT2D eigenvalue weighted by Gasteiger charge is 2.49. The third kappa shape index (κ3) is 4.86. The van der Waals surface area contributed by atoms with Crippen LogP contribution in [0.15, 0.2) is 24.5 Å². The van der Waals surface area contributed by atoms with E-state index >= 15 is 4.39 Å². The number of rotatable bonds is 6. The van der Waals surface area contributed by atoms with Crippen LogP contribution in [-0.2, 0) is 16.0 Å². The molecule has 0 bridgehead atoms. The lowest BCUT2D eigenvalue weighted by atomic mass is 9.92. The summed E-state index contributed by atoms with van der Waals surface area (Å²) in [5, 5.41) is 14.5. The highest BCUT2D eigenvalue weighted by atomic mass is 35.5. The minimum absolute atomic E-state index is 0.143. The van der Waals surface area contributed by atoms with E-state index in [4.69, 9.17) is 21.1 Å². The minimum atomic E-state index is -0.663. The van der Waals surface area contributed by atoms with E-state index in [2.05, 4.69) is 39.0 Å². The molecule has 3 aromatic rings. The summed E-state index contributed by atoms with van der Waals surface area (Å²) in [4.78, 5) is 16.0. The zero-order valence-electron chi connectivity index (χ0n) is 21.7. The van der Waals surface area contributed by atoms with Gasteiger partial charge in [-0.1, -0.05) is 25.4 Å². The van der Waals surface area contributed by atoms with Gasteiger partial charge in [0.05, 0.1) is 48.9 Å². The number of ether oxygens (including phenoxy) is 2. The van der Waals surface area contributed by atoms with Crippen molar-refractivity contribution in [2.75, 3.05) is 38.3 Å². The van der Waals surface area contributed by atoms with Gasteiger partial charge in [0.25, 0.3) is 0 Å². The Kier molecular flexibility index (Phi) is 6.98. The van der Waals surface area contributed by atoms with Gasteiger partial charge in [0, 0.05) is 42.4 Å². The van der Waals surface area contributed by atoms with E-state index in [1.807, 2.05) is 12.3 Å². The number of benzene rings is 1. The average molecular weight is 542 g/mol. The summed E-state index contributed by atoms with van der Waals surface area (Å²) < 4.78 is 26.6. The molecule has 2 atom stereocenters. The van der Waals surface area contributed by atoms with E-state index in [1.165, 1.54) is 12.3 Å². The van der Waals surface area contributed by atoms with Crippen molar-refractivity contribution in [3.63, 3.8) is 0 Å². The number of hydrogen-bond donors (Lipinski definition) is 2. The highest BCUT2D eigenvalue weighted by molar-refractivity contribution is 6.33. The maximum Gasteiger partial charge on any atom is 0.223 e. The van der Waals surface area contributed by atoms with Crippen LogP contribution in [0.5, 0.6) is 0 Å². The molecule has 202 valence electrons. The maximum atomic E-state index is 15.5. The van der Waals surface area contributed by atoms with Gasteiger partial charge in [0.1, 0.15) is 11.3 Å². The molecule has 0 amide bonds. The van der Waals surface area contributed by atoms with Crippen molar-refractivity contribution in [3.05, 3.63) is 46.5 Å². The molecule has 6 rings (SSSR count). The van der Waals surface area contributed by atoms with Crippen LogP contribution in [0.25, 0.3) is 22.2 Å². The second-order valence-corrected chi connectivity index (χ2v) is 11.4. The molecular weight excluding hydrogens is 509 g/mol. The van der Waals surface area contributed by atoms with Gasteiger partial charge >= 0.3 is 0 Å². The summed E-state index contributed by atoms with van der Waals surface area (Å²) in [6.45, 7) is 8.22. The van der Waals surface area contributed by atoms with Crippen LogP contribution in [0.2, 0.25) is 5.02 Å². The number of hydrogen-bond acceptors (Lipinski definition) is 8. The van der Waals surface area contributed by atoms with Gasteiger partial charge in [-0.2, -0.15) is 0 Å². The number of nitrogens with one attached hydrogen (secondary N) is 1. The van der Waals surface area contributed by atoms with Gasteiger partial charge in [-0.15, -0.1) is 0 Å². The molecule has 4 heterocycles. The molecular formula is C28H33ClFN5O3. The first-order valence-corrected chi connectivity index (χ1v) is 13.7. The van der Waals surface area contributed by atoms with E-state index in [0.717, 1.165) is 55.7 Å². The van der Waals surface area contributed by atoms with Crippen molar-refractivity contribution in [1.82, 2.24) is 19.9 Å². The Labute approximate surface area is 226 Å². The summed E-state index contributed by atoms with van der Waals surface area (Å²) in [5.41, 5.74) is 3.68. The molecule has 0 unspecified atom stereocenters. The van der Waals surface area contributed by atoms with Crippen molar-refractivity contribution in [2.45, 2.75) is 63.3 Å². The fourth-order valence-corrected chi connectivity index (χ4v) is 5.98. The Morgan fingerprint density at radius 3 is 2.82 bits per heavy atom. The summed E-state index contributed by atoms with van der Waals surface area (Å²) in [7, 11) is 0. The Balaban J connectivity index is 1.39. The molecule has 8 nitrogen and oxygen atoms in total. The van der Waals surface area contributed by atoms with Gasteiger partial charge in [-0.3, -0.25) is 9.88 Å².